The van der Waals surface area contributed by atoms with Crippen molar-refractivity contribution in [1.82, 2.24) is 0 Å². The summed E-state index contributed by atoms with van der Waals surface area (Å²) >= 11 is 0. The molecule has 0 spiro atoms. The summed E-state index contributed by atoms with van der Waals surface area (Å²) in [5.41, 5.74) is 2.33. The van der Waals surface area contributed by atoms with Gasteiger partial charge >= 0.3 is 0 Å². The minimum atomic E-state index is 0.146. The van der Waals surface area contributed by atoms with Crippen LogP contribution in [0.25, 0.3) is 0 Å². The fourth-order valence-electron chi connectivity index (χ4n) is 2.17. The van der Waals surface area contributed by atoms with E-state index in [1.54, 1.807) is 0 Å². The maximum absolute atomic E-state index is 6.08. The summed E-state index contributed by atoms with van der Waals surface area (Å²) in [4.78, 5) is 0. The Morgan fingerprint density at radius 2 is 1.71 bits per heavy atom. The van der Waals surface area contributed by atoms with Crippen LogP contribution in [0.5, 0.6) is 5.75 Å². The molecule has 1 N–H and O–H groups in total. The summed E-state index contributed by atoms with van der Waals surface area (Å²) in [7, 11) is 0. The first-order chi connectivity index (χ1) is 8.43. The number of fused-ring (bicyclic) bond motifs is 1. The Labute approximate surface area is 101 Å². The first-order valence-electron chi connectivity index (χ1n) is 5.98. The van der Waals surface area contributed by atoms with Crippen LogP contribution in [0.3, 0.4) is 0 Å². The molecule has 17 heavy (non-hydrogen) atoms. The summed E-state index contributed by atoms with van der Waals surface area (Å²) in [6.07, 6.45) is 1.13. The molecule has 0 bridgehead atoms. The molecule has 2 nitrogen and oxygen atoms in total. The molecule has 1 aliphatic heterocycles. The Morgan fingerprint density at radius 3 is 2.59 bits per heavy atom. The predicted octanol–water partition coefficient (Wildman–Crippen LogP) is 3.62. The van der Waals surface area contributed by atoms with E-state index in [1.165, 1.54) is 5.56 Å². The van der Waals surface area contributed by atoms with Crippen molar-refractivity contribution in [3.63, 3.8) is 0 Å². The van der Waals surface area contributed by atoms with Crippen LogP contribution < -0.4 is 10.1 Å². The van der Waals surface area contributed by atoms with Crippen LogP contribution in [0.4, 0.5) is 5.69 Å². The number of nitrogens with one attached hydrogen (secondary N) is 1. The highest BCUT2D eigenvalue weighted by Gasteiger charge is 2.18. The first kappa shape index (κ1) is 10.2. The highest BCUT2D eigenvalue weighted by Crippen LogP contribution is 2.33. The highest BCUT2D eigenvalue weighted by atomic mass is 16.5. The number of anilines is 1. The van der Waals surface area contributed by atoms with Crippen LogP contribution in [-0.4, -0.2) is 6.54 Å². The van der Waals surface area contributed by atoms with Crippen LogP contribution in [-0.2, 0) is 0 Å². The molecule has 0 radical (unpaired) electrons. The molecule has 86 valence electrons. The van der Waals surface area contributed by atoms with E-state index in [2.05, 4.69) is 35.6 Å². The first-order valence-corrected chi connectivity index (χ1v) is 5.98. The van der Waals surface area contributed by atoms with Gasteiger partial charge < -0.3 is 10.1 Å². The summed E-state index contributed by atoms with van der Waals surface area (Å²) in [6, 6.07) is 18.5. The van der Waals surface area contributed by atoms with E-state index < -0.39 is 0 Å². The van der Waals surface area contributed by atoms with Crippen LogP contribution in [0.15, 0.2) is 54.6 Å². The Balaban J connectivity index is 1.91. The van der Waals surface area contributed by atoms with Gasteiger partial charge in [-0.25, -0.2) is 0 Å². The molecule has 0 aliphatic carbocycles. The molecule has 0 saturated heterocycles. The van der Waals surface area contributed by atoms with Gasteiger partial charge in [0, 0.05) is 13.0 Å². The SMILES string of the molecule is c1ccc(C2CCNc3ccccc3O2)cc1. The zero-order valence-corrected chi connectivity index (χ0v) is 9.60. The zero-order valence-electron chi connectivity index (χ0n) is 9.60. The summed E-state index contributed by atoms with van der Waals surface area (Å²) < 4.78 is 6.08. The van der Waals surface area contributed by atoms with Gasteiger partial charge in [-0.3, -0.25) is 0 Å². The number of benzene rings is 2. The third-order valence-corrected chi connectivity index (χ3v) is 3.05. The summed E-state index contributed by atoms with van der Waals surface area (Å²) in [5.74, 6) is 0.943. The number of hydrogen-bond acceptors (Lipinski definition) is 2. The molecular weight excluding hydrogens is 210 g/mol. The average Bonchev–Trinajstić information content (AvgIpc) is 2.62. The number of ether oxygens (including phenoxy) is 1. The Hall–Kier alpha value is -1.96. The molecule has 1 aliphatic rings. The van der Waals surface area contributed by atoms with Gasteiger partial charge in [0.2, 0.25) is 0 Å². The van der Waals surface area contributed by atoms with Crippen LogP contribution in [0.1, 0.15) is 18.1 Å². The molecule has 1 atom stereocenters. The Kier molecular flexibility index (Phi) is 2.70. The molecule has 0 saturated carbocycles. The molecule has 0 fully saturated rings. The predicted molar refractivity (Wildman–Crippen MR) is 69.4 cm³/mol. The third-order valence-electron chi connectivity index (χ3n) is 3.05. The Morgan fingerprint density at radius 1 is 0.941 bits per heavy atom. The lowest BCUT2D eigenvalue weighted by Gasteiger charge is -2.16. The van der Waals surface area contributed by atoms with E-state index in [1.807, 2.05) is 24.3 Å². The van der Waals surface area contributed by atoms with E-state index >= 15 is 0 Å². The largest absolute Gasteiger partial charge is 0.484 e. The quantitative estimate of drug-likeness (QED) is 0.800. The van der Waals surface area contributed by atoms with Crippen molar-refractivity contribution in [2.24, 2.45) is 0 Å². The van der Waals surface area contributed by atoms with Crippen molar-refractivity contribution in [3.05, 3.63) is 60.2 Å². The highest BCUT2D eigenvalue weighted by molar-refractivity contribution is 5.56. The molecule has 1 heterocycles. The molecule has 3 rings (SSSR count). The fourth-order valence-corrected chi connectivity index (χ4v) is 2.17. The van der Waals surface area contributed by atoms with E-state index in [0.717, 1.165) is 24.4 Å². The van der Waals surface area contributed by atoms with Crippen molar-refractivity contribution in [2.75, 3.05) is 11.9 Å². The molecule has 1 unspecified atom stereocenters. The second-order valence-electron chi connectivity index (χ2n) is 4.23. The molecule has 0 aromatic heterocycles. The average molecular weight is 225 g/mol. The number of hydrogen-bond donors (Lipinski definition) is 1. The van der Waals surface area contributed by atoms with Gasteiger partial charge in [0.25, 0.3) is 0 Å². The monoisotopic (exact) mass is 225 g/mol. The maximum Gasteiger partial charge on any atom is 0.143 e. The van der Waals surface area contributed by atoms with Crippen LogP contribution in [0.2, 0.25) is 0 Å². The fraction of sp³-hybridized carbons (Fsp3) is 0.200. The maximum atomic E-state index is 6.08. The van der Waals surface area contributed by atoms with Gasteiger partial charge in [0.15, 0.2) is 0 Å². The minimum absolute atomic E-state index is 0.146. The van der Waals surface area contributed by atoms with Gasteiger partial charge in [-0.2, -0.15) is 0 Å². The van der Waals surface area contributed by atoms with Crippen LogP contribution >= 0.6 is 0 Å². The minimum Gasteiger partial charge on any atom is -0.484 e. The Bertz CT molecular complexity index is 495. The topological polar surface area (TPSA) is 21.3 Å². The summed E-state index contributed by atoms with van der Waals surface area (Å²) in [5, 5.41) is 3.40. The van der Waals surface area contributed by atoms with E-state index in [4.69, 9.17) is 4.74 Å². The van der Waals surface area contributed by atoms with Gasteiger partial charge in [0.1, 0.15) is 11.9 Å². The van der Waals surface area contributed by atoms with E-state index in [0.29, 0.717) is 0 Å². The van der Waals surface area contributed by atoms with Crippen molar-refractivity contribution in [2.45, 2.75) is 12.5 Å². The molecule has 0 amide bonds. The lowest BCUT2D eigenvalue weighted by molar-refractivity contribution is 0.205. The van der Waals surface area contributed by atoms with E-state index in [-0.39, 0.29) is 6.10 Å². The molecule has 2 aromatic rings. The van der Waals surface area contributed by atoms with E-state index in [9.17, 15) is 0 Å². The van der Waals surface area contributed by atoms with Crippen LogP contribution in [0, 0.1) is 0 Å². The standard InChI is InChI=1S/C15H15NO/c1-2-6-12(7-3-1)14-10-11-16-13-8-4-5-9-15(13)17-14/h1-9,14,16H,10-11H2. The van der Waals surface area contributed by atoms with Gasteiger partial charge in [0.05, 0.1) is 5.69 Å². The van der Waals surface area contributed by atoms with Crippen molar-refractivity contribution in [3.8, 4) is 5.75 Å². The lowest BCUT2D eigenvalue weighted by Crippen LogP contribution is -2.08. The second kappa shape index (κ2) is 4.50. The normalized spacial score (nSPS) is 18.5. The molecule has 2 heteroatoms. The summed E-state index contributed by atoms with van der Waals surface area (Å²) in [6.45, 7) is 0.941. The lowest BCUT2D eigenvalue weighted by atomic mass is 10.1. The van der Waals surface area contributed by atoms with Gasteiger partial charge in [-0.1, -0.05) is 42.5 Å². The number of rotatable bonds is 1. The van der Waals surface area contributed by atoms with Crippen molar-refractivity contribution in [1.29, 1.82) is 0 Å². The van der Waals surface area contributed by atoms with Gasteiger partial charge in [-0.15, -0.1) is 0 Å². The zero-order chi connectivity index (χ0) is 11.5. The smallest absolute Gasteiger partial charge is 0.143 e. The molecular formula is C15H15NO. The van der Waals surface area contributed by atoms with Crippen molar-refractivity contribution < 1.29 is 4.74 Å². The van der Waals surface area contributed by atoms with Gasteiger partial charge in [-0.05, 0) is 17.7 Å². The number of para-hydroxylation sites is 2. The molecule has 2 aromatic carbocycles. The van der Waals surface area contributed by atoms with Crippen molar-refractivity contribution >= 4 is 5.69 Å². The second-order valence-corrected chi connectivity index (χ2v) is 4.23. The third kappa shape index (κ3) is 2.11.